The first kappa shape index (κ1) is 89.5. The number of quaternary nitrogens is 1. The number of carbonyl (C=O) groups is 2. The Balaban J connectivity index is 4.92. The molecule has 0 fully saturated rings. The lowest BCUT2D eigenvalue weighted by atomic mass is 10.0. The van der Waals surface area contributed by atoms with Crippen molar-refractivity contribution in [1.29, 1.82) is 0 Å². The van der Waals surface area contributed by atoms with E-state index in [2.05, 4.69) is 86.8 Å². The largest absolute Gasteiger partial charge is 0.756 e. The summed E-state index contributed by atoms with van der Waals surface area (Å²) in [4.78, 5) is 40.3. The first-order chi connectivity index (χ1) is 44.9. The Morgan fingerprint density at radius 2 is 0.663 bits per heavy atom. The number of rotatable bonds is 73. The zero-order chi connectivity index (χ0) is 67.0. The third-order valence-corrected chi connectivity index (χ3v) is 18.8. The van der Waals surface area contributed by atoms with Gasteiger partial charge in [0.25, 0.3) is 7.82 Å². The highest BCUT2D eigenvalue weighted by atomic mass is 31.2. The van der Waals surface area contributed by atoms with Crippen LogP contribution in [0.4, 0.5) is 0 Å². The Bertz CT molecular complexity index is 1800. The number of nitrogens with zero attached hydrogens (tertiary/aromatic N) is 1. The molecule has 0 spiro atoms. The van der Waals surface area contributed by atoms with Crippen LogP contribution < -0.4 is 10.2 Å². The van der Waals surface area contributed by atoms with Crippen LogP contribution in [0.1, 0.15) is 387 Å². The summed E-state index contributed by atoms with van der Waals surface area (Å²) in [7, 11) is 1.19. The molecule has 538 valence electrons. The molecule has 0 aliphatic carbocycles. The van der Waals surface area contributed by atoms with Crippen molar-refractivity contribution >= 4 is 19.7 Å². The van der Waals surface area contributed by atoms with Crippen molar-refractivity contribution < 1.29 is 37.3 Å². The lowest BCUT2D eigenvalue weighted by Gasteiger charge is -2.30. The van der Waals surface area contributed by atoms with Gasteiger partial charge in [-0.05, 0) is 102 Å². The molecule has 0 rings (SSSR count). The number of unbranched alkanes of at least 4 members (excludes halogenated alkanes) is 47. The minimum atomic E-state index is -4.71. The number of phosphoric ester groups is 1. The maximum Gasteiger partial charge on any atom is 0.306 e. The molecule has 0 bridgehead atoms. The molecule has 0 aliphatic heterocycles. The summed E-state index contributed by atoms with van der Waals surface area (Å²) in [6.45, 7) is 6.86. The average Bonchev–Trinajstić information content (AvgIpc) is 3.69. The third kappa shape index (κ3) is 71.7. The zero-order valence-electron chi connectivity index (χ0n) is 61.8. The molecule has 0 aromatic rings. The lowest BCUT2D eigenvalue weighted by molar-refractivity contribution is -0.870. The van der Waals surface area contributed by atoms with Gasteiger partial charge in [0.05, 0.1) is 33.8 Å². The summed E-state index contributed by atoms with van der Waals surface area (Å²) in [6, 6.07) is -0.893. The van der Waals surface area contributed by atoms with Gasteiger partial charge in [0, 0.05) is 12.8 Å². The van der Waals surface area contributed by atoms with Gasteiger partial charge in [-0.1, -0.05) is 344 Å². The Morgan fingerprint density at radius 1 is 0.380 bits per heavy atom. The first-order valence-electron chi connectivity index (χ1n) is 39.7. The summed E-state index contributed by atoms with van der Waals surface area (Å²) >= 11 is 0. The molecule has 1 N–H and O–H groups in total. The van der Waals surface area contributed by atoms with Crippen molar-refractivity contribution in [2.24, 2.45) is 0 Å². The van der Waals surface area contributed by atoms with E-state index in [-0.39, 0.29) is 31.5 Å². The molecule has 0 radical (unpaired) electrons. The number of hydrogen-bond donors (Lipinski definition) is 1. The maximum atomic E-state index is 13.6. The lowest BCUT2D eigenvalue weighted by Crippen LogP contribution is -2.47. The second kappa shape index (κ2) is 71.2. The molecule has 92 heavy (non-hydrogen) atoms. The van der Waals surface area contributed by atoms with Gasteiger partial charge >= 0.3 is 5.97 Å². The van der Waals surface area contributed by atoms with Crippen LogP contribution in [0.15, 0.2) is 72.9 Å². The predicted molar refractivity (Wildman–Crippen MR) is 399 cm³/mol. The molecule has 0 aromatic carbocycles. The standard InChI is InChI=1S/C82H153N2O7P/c1-7-10-13-16-19-22-25-28-30-32-34-36-38-40-42-44-46-48-50-52-54-56-59-62-65-68-71-74-81(85)83-79(78-90-92(87,88)89-77-76-84(4,5)6)80(73-70-67-64-61-58-27-24-21-18-15-12-9-3)91-82(86)75-72-69-66-63-60-57-55-53-51-49-47-45-43-41-39-37-35-33-31-29-26-23-20-17-14-11-8-2/h19,22,28-31,34,36,40,42,70,73,79-80H,7-18,20-21,23-27,32-33,35,37-39,41,43-69,71-72,74-78H2,1-6H3,(H-,83,85,87,88)/b22-19-,30-28-,31-29+,36-34-,42-40-,73-70+. The Hall–Kier alpha value is -2.55. The van der Waals surface area contributed by atoms with Crippen LogP contribution in [-0.4, -0.2) is 69.4 Å². The van der Waals surface area contributed by atoms with Crippen molar-refractivity contribution in [3.8, 4) is 0 Å². The summed E-state index contributed by atoms with van der Waals surface area (Å²) < 4.78 is 30.5. The number of likely N-dealkylation sites (N-methyl/N-ethyl adjacent to an activating group) is 1. The SMILES string of the molecule is CCCCC/C=C\C/C=C\C/C=C\C/C=C\CCCCCCCCCCCCCC(=O)NC(COP(=O)([O-])OCC[N+](C)(C)C)C(/C=C/CCCCCCCCCCCC)OC(=O)CCCCCCCCCCCCCCCCCCC/C=C/CCCCCCCC. The maximum absolute atomic E-state index is 13.6. The van der Waals surface area contributed by atoms with Gasteiger partial charge in [-0.2, -0.15) is 0 Å². The average molecular weight is 1310 g/mol. The Kier molecular flexibility index (Phi) is 69.3. The fourth-order valence-corrected chi connectivity index (χ4v) is 12.5. The molecule has 3 atom stereocenters. The van der Waals surface area contributed by atoms with Crippen molar-refractivity contribution in [1.82, 2.24) is 5.32 Å². The van der Waals surface area contributed by atoms with Crippen LogP contribution in [0.2, 0.25) is 0 Å². The molecular formula is C82H153N2O7P. The number of carbonyl (C=O) groups excluding carboxylic acids is 2. The topological polar surface area (TPSA) is 114 Å². The van der Waals surface area contributed by atoms with E-state index in [1.807, 2.05) is 33.3 Å². The molecule has 0 aromatic heterocycles. The minimum absolute atomic E-state index is 0.0230. The molecule has 0 heterocycles. The van der Waals surface area contributed by atoms with E-state index in [0.717, 1.165) is 83.5 Å². The van der Waals surface area contributed by atoms with Crippen molar-refractivity contribution in [2.75, 3.05) is 40.9 Å². The fourth-order valence-electron chi connectivity index (χ4n) is 11.7. The van der Waals surface area contributed by atoms with Gasteiger partial charge in [-0.15, -0.1) is 0 Å². The van der Waals surface area contributed by atoms with Gasteiger partial charge in [0.1, 0.15) is 19.3 Å². The monoisotopic (exact) mass is 1310 g/mol. The normalized spacial score (nSPS) is 13.8. The second-order valence-electron chi connectivity index (χ2n) is 28.2. The number of ether oxygens (including phenoxy) is 1. The molecule has 1 amide bonds. The van der Waals surface area contributed by atoms with E-state index in [1.54, 1.807) is 0 Å². The second-order valence-corrected chi connectivity index (χ2v) is 29.6. The van der Waals surface area contributed by atoms with Crippen LogP contribution >= 0.6 is 7.82 Å². The summed E-state index contributed by atoms with van der Waals surface area (Å²) in [6.07, 6.45) is 94.7. The van der Waals surface area contributed by atoms with Crippen molar-refractivity contribution in [3.63, 3.8) is 0 Å². The van der Waals surface area contributed by atoms with Gasteiger partial charge in [-0.3, -0.25) is 14.2 Å². The molecular weight excluding hydrogens is 1160 g/mol. The summed E-state index contributed by atoms with van der Waals surface area (Å²) in [5.74, 6) is -0.529. The summed E-state index contributed by atoms with van der Waals surface area (Å²) in [5, 5.41) is 3.05. The zero-order valence-corrected chi connectivity index (χ0v) is 62.7. The molecule has 0 saturated carbocycles. The molecule has 0 saturated heterocycles. The van der Waals surface area contributed by atoms with E-state index in [9.17, 15) is 19.0 Å². The minimum Gasteiger partial charge on any atom is -0.756 e. The van der Waals surface area contributed by atoms with Crippen LogP contribution in [0.25, 0.3) is 0 Å². The van der Waals surface area contributed by atoms with Crippen LogP contribution in [0, 0.1) is 0 Å². The van der Waals surface area contributed by atoms with E-state index >= 15 is 0 Å². The number of nitrogens with one attached hydrogen (secondary N) is 1. The van der Waals surface area contributed by atoms with Crippen LogP contribution in [0.5, 0.6) is 0 Å². The number of phosphoric acid groups is 1. The van der Waals surface area contributed by atoms with Gasteiger partial charge in [0.2, 0.25) is 5.91 Å². The highest BCUT2D eigenvalue weighted by molar-refractivity contribution is 7.45. The van der Waals surface area contributed by atoms with Crippen LogP contribution in [-0.2, 0) is 27.9 Å². The smallest absolute Gasteiger partial charge is 0.306 e. The Morgan fingerprint density at radius 3 is 1.02 bits per heavy atom. The molecule has 9 nitrogen and oxygen atoms in total. The van der Waals surface area contributed by atoms with E-state index in [1.165, 1.54) is 270 Å². The molecule has 0 aliphatic rings. The molecule has 3 unspecified atom stereocenters. The van der Waals surface area contributed by atoms with Gasteiger partial charge in [0.15, 0.2) is 0 Å². The van der Waals surface area contributed by atoms with Gasteiger partial charge in [-0.25, -0.2) is 0 Å². The van der Waals surface area contributed by atoms with Crippen LogP contribution in [0.3, 0.4) is 0 Å². The number of esters is 1. The Labute approximate surface area is 572 Å². The van der Waals surface area contributed by atoms with E-state index in [0.29, 0.717) is 17.4 Å². The quantitative estimate of drug-likeness (QED) is 0.0212. The highest BCUT2D eigenvalue weighted by Gasteiger charge is 2.27. The number of amides is 1. The first-order valence-corrected chi connectivity index (χ1v) is 41.2. The predicted octanol–water partition coefficient (Wildman–Crippen LogP) is 25.2. The fraction of sp³-hybridized carbons (Fsp3) is 0.829. The summed E-state index contributed by atoms with van der Waals surface area (Å²) in [5.41, 5.74) is 0. The van der Waals surface area contributed by atoms with E-state index < -0.39 is 20.0 Å². The highest BCUT2D eigenvalue weighted by Crippen LogP contribution is 2.38. The number of hydrogen-bond acceptors (Lipinski definition) is 7. The van der Waals surface area contributed by atoms with E-state index in [4.69, 9.17) is 13.8 Å². The van der Waals surface area contributed by atoms with Crippen molar-refractivity contribution in [2.45, 2.75) is 399 Å². The van der Waals surface area contributed by atoms with Gasteiger partial charge < -0.3 is 28.5 Å². The third-order valence-electron chi connectivity index (χ3n) is 17.9. The number of allylic oxidation sites excluding steroid dienone is 11. The van der Waals surface area contributed by atoms with Crippen molar-refractivity contribution in [3.05, 3.63) is 72.9 Å². The molecule has 10 heteroatoms.